The third-order valence-corrected chi connectivity index (χ3v) is 9.93. The number of carboxylic acid groups (broad SMARTS) is 1. The van der Waals surface area contributed by atoms with Gasteiger partial charge in [0.05, 0.1) is 29.2 Å². The second kappa shape index (κ2) is 8.35. The first-order chi connectivity index (χ1) is 14.8. The summed E-state index contributed by atoms with van der Waals surface area (Å²) in [4.78, 5) is 43.8. The van der Waals surface area contributed by atoms with Crippen LogP contribution in [0.15, 0.2) is 12.7 Å². The number of likely N-dealkylation sites (tertiary alicyclic amines) is 1. The molecule has 3 heterocycles. The van der Waals surface area contributed by atoms with Crippen molar-refractivity contribution >= 4 is 29.5 Å². The average Bonchev–Trinajstić information content (AvgIpc) is 3.26. The number of fused-ring (bicyclic) bond motifs is 1. The zero-order chi connectivity index (χ0) is 24.2. The van der Waals surface area contributed by atoms with Crippen molar-refractivity contribution in [3.8, 4) is 0 Å². The number of nitrogens with zero attached hydrogens (tertiary/aromatic N) is 2. The number of aliphatic hydroxyl groups is 1. The van der Waals surface area contributed by atoms with Crippen LogP contribution >= 0.6 is 11.8 Å². The summed E-state index contributed by atoms with van der Waals surface area (Å²) < 4.78 is -1.37. The molecule has 3 fully saturated rings. The van der Waals surface area contributed by atoms with Crippen molar-refractivity contribution in [2.45, 2.75) is 87.9 Å². The maximum Gasteiger partial charge on any atom is 0.308 e. The van der Waals surface area contributed by atoms with Crippen molar-refractivity contribution in [2.75, 3.05) is 13.2 Å². The van der Waals surface area contributed by atoms with Crippen molar-refractivity contribution in [3.63, 3.8) is 0 Å². The Labute approximate surface area is 195 Å². The van der Waals surface area contributed by atoms with Crippen LogP contribution in [0.1, 0.15) is 60.8 Å². The smallest absolute Gasteiger partial charge is 0.308 e. The first-order valence-corrected chi connectivity index (χ1v) is 12.4. The number of rotatable bonds is 8. The van der Waals surface area contributed by atoms with Gasteiger partial charge in [-0.05, 0) is 46.5 Å². The summed E-state index contributed by atoms with van der Waals surface area (Å²) in [5.41, 5.74) is -0.503. The van der Waals surface area contributed by atoms with Crippen LogP contribution < -0.4 is 0 Å². The molecule has 2 unspecified atom stereocenters. The van der Waals surface area contributed by atoms with Gasteiger partial charge < -0.3 is 20.0 Å². The number of carboxylic acids is 1. The highest BCUT2D eigenvalue weighted by molar-refractivity contribution is 8.02. The van der Waals surface area contributed by atoms with Crippen molar-refractivity contribution < 1.29 is 24.6 Å². The highest BCUT2D eigenvalue weighted by Gasteiger charge is 2.78. The molecule has 32 heavy (non-hydrogen) atoms. The number of aliphatic hydroxyl groups excluding tert-OH is 1. The molecule has 180 valence electrons. The quantitative estimate of drug-likeness (QED) is 0.534. The number of hydrogen-bond donors (Lipinski definition) is 2. The minimum Gasteiger partial charge on any atom is -0.481 e. The lowest BCUT2D eigenvalue weighted by molar-refractivity contribution is -0.152. The van der Waals surface area contributed by atoms with E-state index in [1.165, 1.54) is 11.8 Å². The Hall–Kier alpha value is -1.54. The summed E-state index contributed by atoms with van der Waals surface area (Å²) in [5.74, 6) is -3.08. The molecule has 3 aliphatic heterocycles. The van der Waals surface area contributed by atoms with E-state index in [4.69, 9.17) is 0 Å². The lowest BCUT2D eigenvalue weighted by Crippen LogP contribution is -2.61. The van der Waals surface area contributed by atoms with Gasteiger partial charge >= 0.3 is 5.97 Å². The highest BCUT2D eigenvalue weighted by atomic mass is 32.2. The lowest BCUT2D eigenvalue weighted by Gasteiger charge is -2.44. The molecule has 0 aromatic heterocycles. The Morgan fingerprint density at radius 2 is 2.00 bits per heavy atom. The minimum absolute atomic E-state index is 0.0296. The van der Waals surface area contributed by atoms with Crippen molar-refractivity contribution in [2.24, 2.45) is 17.8 Å². The first kappa shape index (κ1) is 25.1. The summed E-state index contributed by atoms with van der Waals surface area (Å²) in [6.45, 7) is 15.6. The molecule has 2 N–H and O–H groups in total. The summed E-state index contributed by atoms with van der Waals surface area (Å²) in [7, 11) is 0. The lowest BCUT2D eigenvalue weighted by atomic mass is 9.66. The second-order valence-corrected chi connectivity index (χ2v) is 12.8. The van der Waals surface area contributed by atoms with Crippen LogP contribution in [0, 0.1) is 17.8 Å². The fourth-order valence-electron chi connectivity index (χ4n) is 6.16. The average molecular weight is 467 g/mol. The number of amides is 2. The van der Waals surface area contributed by atoms with Crippen LogP contribution in [-0.2, 0) is 14.4 Å². The largest absolute Gasteiger partial charge is 0.481 e. The summed E-state index contributed by atoms with van der Waals surface area (Å²) >= 11 is 1.53. The number of aliphatic carboxylic acids is 1. The molecule has 3 aliphatic rings. The van der Waals surface area contributed by atoms with E-state index in [0.29, 0.717) is 19.4 Å². The zero-order valence-corrected chi connectivity index (χ0v) is 20.9. The molecule has 7 nitrogen and oxygen atoms in total. The standard InChI is InChI=1S/C24H38N2O5S/c1-8-12-25(22(4,5)6)20(29)18-24-11-10-23(7,32-24)17(21(30)31)16(24)19(28)26(18)15(13-27)14(3)9-2/h8,14-18,27H,1,9-13H2,2-7H3,(H,30,31)/t14-,15-,16-,17-,18?,23+,24?/m0/s1. The van der Waals surface area contributed by atoms with E-state index in [-0.39, 0.29) is 24.3 Å². The molecule has 0 aromatic carbocycles. The van der Waals surface area contributed by atoms with Gasteiger partial charge in [0.15, 0.2) is 0 Å². The number of carbonyl (C=O) groups is 3. The third kappa shape index (κ3) is 3.49. The van der Waals surface area contributed by atoms with E-state index >= 15 is 0 Å². The van der Waals surface area contributed by atoms with E-state index in [1.54, 1.807) is 15.9 Å². The van der Waals surface area contributed by atoms with Crippen LogP contribution in [0.4, 0.5) is 0 Å². The predicted molar refractivity (Wildman–Crippen MR) is 125 cm³/mol. The van der Waals surface area contributed by atoms with Gasteiger partial charge in [0.25, 0.3) is 0 Å². The Morgan fingerprint density at radius 3 is 2.47 bits per heavy atom. The van der Waals surface area contributed by atoms with Gasteiger partial charge in [-0.1, -0.05) is 26.3 Å². The minimum atomic E-state index is -0.976. The molecule has 3 saturated heterocycles. The topological polar surface area (TPSA) is 98.2 Å². The summed E-state index contributed by atoms with van der Waals surface area (Å²) in [6, 6.07) is -1.34. The highest BCUT2D eigenvalue weighted by Crippen LogP contribution is 2.71. The normalized spacial score (nSPS) is 35.5. The fourth-order valence-corrected chi connectivity index (χ4v) is 8.49. The van der Waals surface area contributed by atoms with Crippen LogP contribution in [0.2, 0.25) is 0 Å². The van der Waals surface area contributed by atoms with Crippen LogP contribution in [0.5, 0.6) is 0 Å². The Bertz CT molecular complexity index is 811. The van der Waals surface area contributed by atoms with E-state index < -0.39 is 44.9 Å². The summed E-state index contributed by atoms with van der Waals surface area (Å²) in [5, 5.41) is 20.4. The molecule has 0 radical (unpaired) electrons. The Morgan fingerprint density at radius 1 is 1.38 bits per heavy atom. The van der Waals surface area contributed by atoms with E-state index in [1.807, 2.05) is 41.5 Å². The van der Waals surface area contributed by atoms with Crippen LogP contribution in [0.3, 0.4) is 0 Å². The van der Waals surface area contributed by atoms with Gasteiger partial charge in [0.2, 0.25) is 11.8 Å². The van der Waals surface area contributed by atoms with E-state index in [9.17, 15) is 24.6 Å². The summed E-state index contributed by atoms with van der Waals surface area (Å²) in [6.07, 6.45) is 3.68. The Kier molecular flexibility index (Phi) is 6.55. The van der Waals surface area contributed by atoms with Gasteiger partial charge in [-0.2, -0.15) is 0 Å². The van der Waals surface area contributed by atoms with Crippen molar-refractivity contribution in [1.29, 1.82) is 0 Å². The molecular weight excluding hydrogens is 428 g/mol. The number of thioether (sulfide) groups is 1. The molecule has 2 bridgehead atoms. The molecule has 0 saturated carbocycles. The van der Waals surface area contributed by atoms with E-state index in [0.717, 1.165) is 6.42 Å². The Balaban J connectivity index is 2.20. The molecular formula is C24H38N2O5S. The fraction of sp³-hybridized carbons (Fsp3) is 0.792. The second-order valence-electron chi connectivity index (χ2n) is 10.9. The third-order valence-electron chi connectivity index (χ3n) is 7.95. The zero-order valence-electron chi connectivity index (χ0n) is 20.1. The van der Waals surface area contributed by atoms with Crippen molar-refractivity contribution in [3.05, 3.63) is 12.7 Å². The van der Waals surface area contributed by atoms with Gasteiger partial charge in [0, 0.05) is 16.8 Å². The van der Waals surface area contributed by atoms with Gasteiger partial charge in [-0.25, -0.2) is 0 Å². The van der Waals surface area contributed by atoms with Crippen LogP contribution in [0.25, 0.3) is 0 Å². The molecule has 1 spiro atoms. The van der Waals surface area contributed by atoms with E-state index in [2.05, 4.69) is 6.58 Å². The number of carbonyl (C=O) groups excluding carboxylic acids is 2. The molecule has 3 rings (SSSR count). The van der Waals surface area contributed by atoms with Crippen LogP contribution in [-0.4, -0.2) is 78.1 Å². The molecule has 2 amide bonds. The maximum absolute atomic E-state index is 14.2. The SMILES string of the molecule is C=CCN(C(=O)C1N([C@@H](CO)[C@@H](C)CC)C(=O)[C@@H]2[C@@H](C(=O)O)[C@@]3(C)CCC12S3)C(C)(C)C. The monoisotopic (exact) mass is 466 g/mol. The molecule has 0 aromatic rings. The number of hydrogen-bond acceptors (Lipinski definition) is 5. The van der Waals surface area contributed by atoms with Gasteiger partial charge in [-0.15, -0.1) is 18.3 Å². The first-order valence-electron chi connectivity index (χ1n) is 11.6. The van der Waals surface area contributed by atoms with Gasteiger partial charge in [-0.3, -0.25) is 14.4 Å². The molecule has 0 aliphatic carbocycles. The maximum atomic E-state index is 14.2. The van der Waals surface area contributed by atoms with Gasteiger partial charge in [0.1, 0.15) is 6.04 Å². The molecule has 8 heteroatoms. The molecule has 7 atom stereocenters. The van der Waals surface area contributed by atoms with Crippen molar-refractivity contribution in [1.82, 2.24) is 9.80 Å². The predicted octanol–water partition coefficient (Wildman–Crippen LogP) is 2.77.